The lowest BCUT2D eigenvalue weighted by Gasteiger charge is -2.29. The second-order valence-corrected chi connectivity index (χ2v) is 12.2. The molecule has 0 atom stereocenters. The number of halogens is 1. The molecule has 0 spiro atoms. The summed E-state index contributed by atoms with van der Waals surface area (Å²) in [5, 5.41) is 4.44. The Morgan fingerprint density at radius 2 is 1.63 bits per heavy atom. The number of piperidine rings is 1. The van der Waals surface area contributed by atoms with E-state index in [1.54, 1.807) is 24.3 Å². The Bertz CT molecular complexity index is 1760. The Morgan fingerprint density at radius 1 is 0.902 bits per heavy atom. The van der Waals surface area contributed by atoms with Crippen LogP contribution >= 0.6 is 0 Å². The van der Waals surface area contributed by atoms with Gasteiger partial charge in [-0.15, -0.1) is 0 Å². The second-order valence-electron chi connectivity index (χ2n) is 10.5. The van der Waals surface area contributed by atoms with E-state index in [0.29, 0.717) is 17.4 Å². The SMILES string of the molecule is CN1CCC(Cn2ccc3cc(-c4cc(Nc5ccc(NS(=O)(=O)c6ccc(F)cc6)cc5)ncn4)ccc32)CC1. The molecule has 0 radical (unpaired) electrons. The average molecular weight is 571 g/mol. The minimum atomic E-state index is -3.82. The Balaban J connectivity index is 1.13. The summed E-state index contributed by atoms with van der Waals surface area (Å²) in [5.74, 6) is 0.834. The molecule has 5 aromatic rings. The van der Waals surface area contributed by atoms with Crippen LogP contribution in [0.25, 0.3) is 22.2 Å². The molecule has 6 rings (SSSR count). The minimum Gasteiger partial charge on any atom is -0.347 e. The Labute approximate surface area is 238 Å². The number of rotatable bonds is 8. The Hall–Kier alpha value is -4.28. The van der Waals surface area contributed by atoms with E-state index in [0.717, 1.165) is 35.6 Å². The summed E-state index contributed by atoms with van der Waals surface area (Å²) in [4.78, 5) is 11.2. The number of likely N-dealkylation sites (tertiary alicyclic amines) is 1. The van der Waals surface area contributed by atoms with Crippen molar-refractivity contribution in [2.75, 3.05) is 30.2 Å². The zero-order chi connectivity index (χ0) is 28.4. The molecule has 0 bridgehead atoms. The molecule has 1 saturated heterocycles. The molecule has 1 fully saturated rings. The number of nitrogens with zero attached hydrogens (tertiary/aromatic N) is 4. The summed E-state index contributed by atoms with van der Waals surface area (Å²) in [6, 6.07) is 22.0. The molecule has 2 aromatic heterocycles. The summed E-state index contributed by atoms with van der Waals surface area (Å²) in [5.41, 5.74) is 4.16. The number of sulfonamides is 1. The van der Waals surface area contributed by atoms with Crippen LogP contribution in [0.5, 0.6) is 0 Å². The lowest BCUT2D eigenvalue weighted by molar-refractivity contribution is 0.206. The normalized spacial score (nSPS) is 14.8. The van der Waals surface area contributed by atoms with E-state index in [-0.39, 0.29) is 4.90 Å². The first-order valence-electron chi connectivity index (χ1n) is 13.6. The lowest BCUT2D eigenvalue weighted by Crippen LogP contribution is -2.31. The van der Waals surface area contributed by atoms with Crippen LogP contribution in [0.1, 0.15) is 12.8 Å². The van der Waals surface area contributed by atoms with Crippen molar-refractivity contribution < 1.29 is 12.8 Å². The number of fused-ring (bicyclic) bond motifs is 1. The van der Waals surface area contributed by atoms with E-state index >= 15 is 0 Å². The van der Waals surface area contributed by atoms with Gasteiger partial charge in [0.25, 0.3) is 10.0 Å². The molecule has 210 valence electrons. The summed E-state index contributed by atoms with van der Waals surface area (Å²) in [7, 11) is -1.63. The molecule has 1 aliphatic rings. The molecule has 0 aliphatic carbocycles. The van der Waals surface area contributed by atoms with Crippen LogP contribution in [0.15, 0.2) is 96.3 Å². The van der Waals surface area contributed by atoms with Crippen LogP contribution in [0.3, 0.4) is 0 Å². The topological polar surface area (TPSA) is 92.2 Å². The fraction of sp³-hybridized carbons (Fsp3) is 0.226. The lowest BCUT2D eigenvalue weighted by atomic mass is 9.97. The van der Waals surface area contributed by atoms with Crippen LogP contribution in [-0.2, 0) is 16.6 Å². The summed E-state index contributed by atoms with van der Waals surface area (Å²) < 4.78 is 43.2. The van der Waals surface area contributed by atoms with Crippen molar-refractivity contribution in [2.24, 2.45) is 5.92 Å². The number of hydrogen-bond donors (Lipinski definition) is 2. The van der Waals surface area contributed by atoms with E-state index in [4.69, 9.17) is 0 Å². The van der Waals surface area contributed by atoms with Gasteiger partial charge in [0.1, 0.15) is 18.0 Å². The molecule has 10 heteroatoms. The zero-order valence-corrected chi connectivity index (χ0v) is 23.5. The van der Waals surface area contributed by atoms with Crippen molar-refractivity contribution in [3.8, 4) is 11.3 Å². The standard InChI is InChI=1S/C31H31FN6O2S/c1-37-15-12-22(13-16-37)20-38-17-14-24-18-23(2-11-30(24)38)29-19-31(34-21-33-29)35-26-5-7-27(8-6-26)36-41(39,40)28-9-3-25(32)4-10-28/h2-11,14,17-19,21-22,36H,12-13,15-16,20H2,1H3,(H,33,34,35). The average Bonchev–Trinajstić information content (AvgIpc) is 3.37. The van der Waals surface area contributed by atoms with Crippen molar-refractivity contribution in [1.82, 2.24) is 19.4 Å². The van der Waals surface area contributed by atoms with Crippen molar-refractivity contribution >= 4 is 38.1 Å². The first kappa shape index (κ1) is 26.9. The highest BCUT2D eigenvalue weighted by Crippen LogP contribution is 2.28. The number of aromatic nitrogens is 3. The van der Waals surface area contributed by atoms with Gasteiger partial charge in [0.15, 0.2) is 0 Å². The van der Waals surface area contributed by atoms with E-state index in [2.05, 4.69) is 67.0 Å². The molecule has 0 unspecified atom stereocenters. The van der Waals surface area contributed by atoms with Gasteiger partial charge in [-0.05, 0) is 106 Å². The van der Waals surface area contributed by atoms with Gasteiger partial charge >= 0.3 is 0 Å². The molecule has 3 aromatic carbocycles. The monoisotopic (exact) mass is 570 g/mol. The smallest absolute Gasteiger partial charge is 0.261 e. The molecule has 0 amide bonds. The number of nitrogens with one attached hydrogen (secondary N) is 2. The molecule has 1 aliphatic heterocycles. The van der Waals surface area contributed by atoms with Gasteiger partial charge in [-0.25, -0.2) is 22.8 Å². The largest absolute Gasteiger partial charge is 0.347 e. The van der Waals surface area contributed by atoms with E-state index < -0.39 is 15.8 Å². The predicted octanol–water partition coefficient (Wildman–Crippen LogP) is 6.12. The van der Waals surface area contributed by atoms with Crippen molar-refractivity contribution in [1.29, 1.82) is 0 Å². The summed E-state index contributed by atoms with van der Waals surface area (Å²) >= 11 is 0. The van der Waals surface area contributed by atoms with E-state index in [1.165, 1.54) is 55.3 Å². The zero-order valence-electron chi connectivity index (χ0n) is 22.7. The second kappa shape index (κ2) is 11.3. The van der Waals surface area contributed by atoms with Gasteiger partial charge in [0.05, 0.1) is 10.6 Å². The summed E-state index contributed by atoms with van der Waals surface area (Å²) in [6.45, 7) is 3.38. The maximum absolute atomic E-state index is 13.2. The quantitative estimate of drug-likeness (QED) is 0.233. The van der Waals surface area contributed by atoms with Gasteiger partial charge in [0, 0.05) is 46.6 Å². The third kappa shape index (κ3) is 6.23. The van der Waals surface area contributed by atoms with Gasteiger partial charge in [-0.3, -0.25) is 4.72 Å². The van der Waals surface area contributed by atoms with Crippen molar-refractivity contribution in [2.45, 2.75) is 24.3 Å². The molecule has 2 N–H and O–H groups in total. The highest BCUT2D eigenvalue weighted by Gasteiger charge is 2.18. The number of hydrogen-bond acceptors (Lipinski definition) is 6. The minimum absolute atomic E-state index is 0.0124. The Morgan fingerprint density at radius 3 is 2.39 bits per heavy atom. The van der Waals surface area contributed by atoms with Crippen LogP contribution in [0.4, 0.5) is 21.6 Å². The number of anilines is 3. The first-order valence-corrected chi connectivity index (χ1v) is 15.1. The molecule has 41 heavy (non-hydrogen) atoms. The number of benzene rings is 3. The van der Waals surface area contributed by atoms with Crippen LogP contribution in [0.2, 0.25) is 0 Å². The maximum Gasteiger partial charge on any atom is 0.261 e. The van der Waals surface area contributed by atoms with Crippen molar-refractivity contribution in [3.63, 3.8) is 0 Å². The van der Waals surface area contributed by atoms with Crippen LogP contribution < -0.4 is 10.0 Å². The van der Waals surface area contributed by atoms with Gasteiger partial charge in [-0.2, -0.15) is 0 Å². The third-order valence-electron chi connectivity index (χ3n) is 7.56. The predicted molar refractivity (Wildman–Crippen MR) is 160 cm³/mol. The maximum atomic E-state index is 13.2. The van der Waals surface area contributed by atoms with E-state index in [9.17, 15) is 12.8 Å². The summed E-state index contributed by atoms with van der Waals surface area (Å²) in [6.07, 6.45) is 6.18. The molecule has 8 nitrogen and oxygen atoms in total. The molecule has 3 heterocycles. The fourth-order valence-electron chi connectivity index (χ4n) is 5.22. The molecule has 0 saturated carbocycles. The van der Waals surface area contributed by atoms with Gasteiger partial charge in [-0.1, -0.05) is 6.07 Å². The fourth-order valence-corrected chi connectivity index (χ4v) is 6.28. The van der Waals surface area contributed by atoms with Gasteiger partial charge < -0.3 is 14.8 Å². The Kier molecular flexibility index (Phi) is 7.42. The highest BCUT2D eigenvalue weighted by atomic mass is 32.2. The first-order chi connectivity index (χ1) is 19.8. The molecular formula is C31H31FN6O2S. The third-order valence-corrected chi connectivity index (χ3v) is 8.96. The van der Waals surface area contributed by atoms with Crippen molar-refractivity contribution in [3.05, 3.63) is 97.2 Å². The van der Waals surface area contributed by atoms with E-state index in [1.807, 2.05) is 6.07 Å². The van der Waals surface area contributed by atoms with Crippen LogP contribution in [0, 0.1) is 11.7 Å². The highest BCUT2D eigenvalue weighted by molar-refractivity contribution is 7.92. The van der Waals surface area contributed by atoms with Crippen LogP contribution in [-0.4, -0.2) is 48.0 Å². The molecular weight excluding hydrogens is 539 g/mol. The van der Waals surface area contributed by atoms with Gasteiger partial charge in [0.2, 0.25) is 0 Å².